The average molecular weight is 555 g/mol. The number of imidazole rings is 1. The van der Waals surface area contributed by atoms with Gasteiger partial charge in [-0.2, -0.15) is 0 Å². The Morgan fingerprint density at radius 3 is 2.46 bits per heavy atom. The molecule has 1 N–H and O–H groups in total. The zero-order chi connectivity index (χ0) is 28.8. The van der Waals surface area contributed by atoms with Crippen LogP contribution in [0.1, 0.15) is 84.0 Å². The maximum Gasteiger partial charge on any atom is 0.514 e. The monoisotopic (exact) mass is 554 g/mol. The van der Waals surface area contributed by atoms with Crippen LogP contribution in [-0.4, -0.2) is 32.3 Å². The van der Waals surface area contributed by atoms with Gasteiger partial charge in [0.1, 0.15) is 28.5 Å². The molecule has 5 rings (SSSR count). The summed E-state index contributed by atoms with van der Waals surface area (Å²) < 4.78 is 13.2. The van der Waals surface area contributed by atoms with Crippen molar-refractivity contribution in [2.24, 2.45) is 0 Å². The third kappa shape index (κ3) is 7.46. The number of fused-ring (bicyclic) bond motifs is 1. The molecule has 1 saturated carbocycles. The summed E-state index contributed by atoms with van der Waals surface area (Å²) in [5.41, 5.74) is 4.20. The minimum atomic E-state index is -0.710. The van der Waals surface area contributed by atoms with Gasteiger partial charge in [-0.1, -0.05) is 75.1 Å². The molecule has 0 radical (unpaired) electrons. The standard InChI is InChI=1S/C34H42N4O3/c1-5-6-16-31-36-28-21-22-30(35-26-12-8-7-9-13-26)37-32(28)38(31)23-24-17-19-25(20-18-24)27-14-10-11-15-29(27)40-33(39)41-34(2,3)4/h10-11,14-15,17-22,26H,5-9,12-13,16,23H2,1-4H3,(H,35,37). The molecule has 216 valence electrons. The first-order chi connectivity index (χ1) is 19.8. The van der Waals surface area contributed by atoms with Gasteiger partial charge in [-0.25, -0.2) is 14.8 Å². The quantitative estimate of drug-likeness (QED) is 0.165. The molecule has 2 aromatic heterocycles. The molecule has 2 aromatic carbocycles. The lowest BCUT2D eigenvalue weighted by atomic mass is 9.95. The highest BCUT2D eigenvalue weighted by Gasteiger charge is 2.20. The highest BCUT2D eigenvalue weighted by atomic mass is 16.7. The van der Waals surface area contributed by atoms with Crippen molar-refractivity contribution in [3.63, 3.8) is 0 Å². The molecule has 0 amide bonds. The summed E-state index contributed by atoms with van der Waals surface area (Å²) in [6.45, 7) is 8.35. The van der Waals surface area contributed by atoms with Crippen molar-refractivity contribution in [1.82, 2.24) is 14.5 Å². The van der Waals surface area contributed by atoms with Crippen molar-refractivity contribution in [3.8, 4) is 16.9 Å². The molecule has 1 fully saturated rings. The van der Waals surface area contributed by atoms with E-state index in [1.165, 1.54) is 32.1 Å². The number of hydrogen-bond donors (Lipinski definition) is 1. The lowest BCUT2D eigenvalue weighted by Crippen LogP contribution is -2.26. The zero-order valence-corrected chi connectivity index (χ0v) is 24.8. The Hall–Kier alpha value is -3.87. The van der Waals surface area contributed by atoms with Crippen LogP contribution in [0.25, 0.3) is 22.3 Å². The van der Waals surface area contributed by atoms with Crippen LogP contribution in [0.15, 0.2) is 60.7 Å². The van der Waals surface area contributed by atoms with E-state index in [4.69, 9.17) is 19.4 Å². The second kappa shape index (κ2) is 12.8. The molecule has 7 heteroatoms. The van der Waals surface area contributed by atoms with Gasteiger partial charge < -0.3 is 19.4 Å². The predicted octanol–water partition coefficient (Wildman–Crippen LogP) is 8.55. The van der Waals surface area contributed by atoms with Crippen LogP contribution in [0.3, 0.4) is 0 Å². The second-order valence-electron chi connectivity index (χ2n) is 12.0. The normalized spacial score (nSPS) is 14.2. The molecule has 7 nitrogen and oxygen atoms in total. The summed E-state index contributed by atoms with van der Waals surface area (Å²) in [7, 11) is 0. The summed E-state index contributed by atoms with van der Waals surface area (Å²) in [5.74, 6) is 2.48. The second-order valence-corrected chi connectivity index (χ2v) is 12.0. The third-order valence-corrected chi connectivity index (χ3v) is 7.46. The molecular formula is C34H42N4O3. The molecule has 41 heavy (non-hydrogen) atoms. The molecule has 0 saturated heterocycles. The van der Waals surface area contributed by atoms with Gasteiger partial charge in [0.05, 0.1) is 6.54 Å². The Morgan fingerprint density at radius 2 is 1.73 bits per heavy atom. The lowest BCUT2D eigenvalue weighted by Gasteiger charge is -2.23. The Labute approximate surface area is 243 Å². The van der Waals surface area contributed by atoms with Crippen LogP contribution in [0.4, 0.5) is 10.6 Å². The smallest absolute Gasteiger partial charge is 0.428 e. The number of unbranched alkanes of at least 4 members (excludes halogenated alkanes) is 1. The number of benzene rings is 2. The number of rotatable bonds is 9. The Morgan fingerprint density at radius 1 is 0.976 bits per heavy atom. The van der Waals surface area contributed by atoms with Gasteiger partial charge in [-0.05, 0) is 69.4 Å². The van der Waals surface area contributed by atoms with Crippen LogP contribution in [0, 0.1) is 0 Å². The van der Waals surface area contributed by atoms with E-state index in [0.29, 0.717) is 18.3 Å². The van der Waals surface area contributed by atoms with E-state index in [-0.39, 0.29) is 0 Å². The van der Waals surface area contributed by atoms with Crippen LogP contribution in [-0.2, 0) is 17.7 Å². The van der Waals surface area contributed by atoms with Gasteiger partial charge in [0, 0.05) is 18.0 Å². The maximum atomic E-state index is 12.3. The number of para-hydroxylation sites is 1. The summed E-state index contributed by atoms with van der Waals surface area (Å²) >= 11 is 0. The minimum Gasteiger partial charge on any atom is -0.428 e. The number of ether oxygens (including phenoxy) is 2. The molecule has 2 heterocycles. The zero-order valence-electron chi connectivity index (χ0n) is 24.8. The number of carbonyl (C=O) groups is 1. The number of carbonyl (C=O) groups excluding carboxylic acids is 1. The number of aromatic nitrogens is 3. The summed E-state index contributed by atoms with van der Waals surface area (Å²) in [5, 5.41) is 3.68. The van der Waals surface area contributed by atoms with Crippen molar-refractivity contribution in [2.45, 2.75) is 97.2 Å². The van der Waals surface area contributed by atoms with Crippen molar-refractivity contribution in [1.29, 1.82) is 0 Å². The lowest BCUT2D eigenvalue weighted by molar-refractivity contribution is 0.0207. The van der Waals surface area contributed by atoms with E-state index in [9.17, 15) is 4.79 Å². The van der Waals surface area contributed by atoms with E-state index in [1.54, 1.807) is 6.07 Å². The Balaban J connectivity index is 1.38. The number of pyridine rings is 1. The molecule has 1 aliphatic rings. The Bertz CT molecular complexity index is 1460. The average Bonchev–Trinajstić information content (AvgIpc) is 3.28. The van der Waals surface area contributed by atoms with E-state index in [0.717, 1.165) is 58.8 Å². The number of nitrogens with zero attached hydrogens (tertiary/aromatic N) is 3. The van der Waals surface area contributed by atoms with Crippen LogP contribution >= 0.6 is 0 Å². The van der Waals surface area contributed by atoms with Gasteiger partial charge in [0.2, 0.25) is 0 Å². The first-order valence-corrected chi connectivity index (χ1v) is 15.0. The van der Waals surface area contributed by atoms with Gasteiger partial charge in [-0.3, -0.25) is 0 Å². The summed E-state index contributed by atoms with van der Waals surface area (Å²) in [6, 6.07) is 20.6. The van der Waals surface area contributed by atoms with Crippen LogP contribution < -0.4 is 10.1 Å². The fourth-order valence-electron chi connectivity index (χ4n) is 5.40. The SMILES string of the molecule is CCCCc1nc2ccc(NC3CCCCC3)nc2n1Cc1ccc(-c2ccccc2OC(=O)OC(C)(C)C)cc1. The fraction of sp³-hybridized carbons (Fsp3) is 0.441. The first-order valence-electron chi connectivity index (χ1n) is 15.0. The highest BCUT2D eigenvalue weighted by molar-refractivity contribution is 5.76. The van der Waals surface area contributed by atoms with Crippen molar-refractivity contribution in [2.75, 3.05) is 5.32 Å². The van der Waals surface area contributed by atoms with E-state index < -0.39 is 11.8 Å². The minimum absolute atomic E-state index is 0.471. The number of hydrogen-bond acceptors (Lipinski definition) is 6. The third-order valence-electron chi connectivity index (χ3n) is 7.46. The van der Waals surface area contributed by atoms with Gasteiger partial charge in [0.15, 0.2) is 5.65 Å². The molecule has 1 aliphatic carbocycles. The Kier molecular flexibility index (Phi) is 8.91. The van der Waals surface area contributed by atoms with Crippen LogP contribution in [0.2, 0.25) is 0 Å². The molecule has 0 spiro atoms. The van der Waals surface area contributed by atoms with Crippen molar-refractivity contribution in [3.05, 3.63) is 72.1 Å². The fourth-order valence-corrected chi connectivity index (χ4v) is 5.40. The first kappa shape index (κ1) is 28.7. The van der Waals surface area contributed by atoms with E-state index >= 15 is 0 Å². The number of anilines is 1. The summed E-state index contributed by atoms with van der Waals surface area (Å²) in [4.78, 5) is 22.4. The van der Waals surface area contributed by atoms with Crippen LogP contribution in [0.5, 0.6) is 5.75 Å². The largest absolute Gasteiger partial charge is 0.514 e. The number of nitrogens with one attached hydrogen (secondary N) is 1. The molecule has 0 atom stereocenters. The van der Waals surface area contributed by atoms with Crippen molar-refractivity contribution >= 4 is 23.1 Å². The molecular weight excluding hydrogens is 512 g/mol. The van der Waals surface area contributed by atoms with E-state index in [2.05, 4.69) is 53.2 Å². The topological polar surface area (TPSA) is 78.3 Å². The van der Waals surface area contributed by atoms with Gasteiger partial charge in [0.25, 0.3) is 0 Å². The predicted molar refractivity (Wildman–Crippen MR) is 164 cm³/mol. The van der Waals surface area contributed by atoms with Gasteiger partial charge >= 0.3 is 6.16 Å². The molecule has 0 bridgehead atoms. The van der Waals surface area contributed by atoms with Crippen molar-refractivity contribution < 1.29 is 14.3 Å². The van der Waals surface area contributed by atoms with Gasteiger partial charge in [-0.15, -0.1) is 0 Å². The summed E-state index contributed by atoms with van der Waals surface area (Å²) in [6.07, 6.45) is 8.73. The number of aryl methyl sites for hydroxylation is 1. The highest BCUT2D eigenvalue weighted by Crippen LogP contribution is 2.31. The maximum absolute atomic E-state index is 12.3. The molecule has 0 aliphatic heterocycles. The molecule has 4 aromatic rings. The van der Waals surface area contributed by atoms with E-state index in [1.807, 2.05) is 39.0 Å². The molecule has 0 unspecified atom stereocenters.